The molecule has 0 N–H and O–H groups in total. The third-order valence-electron chi connectivity index (χ3n) is 11.7. The van der Waals surface area contributed by atoms with Gasteiger partial charge < -0.3 is 4.42 Å². The summed E-state index contributed by atoms with van der Waals surface area (Å²) in [5.41, 5.74) is 17.8. The van der Waals surface area contributed by atoms with E-state index in [1.807, 2.05) is 12.1 Å². The van der Waals surface area contributed by atoms with Gasteiger partial charge >= 0.3 is 0 Å². The average Bonchev–Trinajstić information content (AvgIpc) is 3.87. The van der Waals surface area contributed by atoms with Crippen LogP contribution in [0.3, 0.4) is 0 Å². The maximum atomic E-state index is 6.21. The third-order valence-corrected chi connectivity index (χ3v) is 11.7. The molecule has 3 nitrogen and oxygen atoms in total. The van der Waals surface area contributed by atoms with E-state index in [1.54, 1.807) is 0 Å². The first-order valence-corrected chi connectivity index (χ1v) is 18.5. The van der Waals surface area contributed by atoms with Crippen molar-refractivity contribution in [3.63, 3.8) is 0 Å². The minimum Gasteiger partial charge on any atom is -0.456 e. The van der Waals surface area contributed by atoms with E-state index < -0.39 is 5.41 Å². The number of benzene rings is 8. The number of hydrogen-bond acceptors (Lipinski definition) is 3. The van der Waals surface area contributed by atoms with Gasteiger partial charge in [-0.05, 0) is 86.0 Å². The predicted molar refractivity (Wildman–Crippen MR) is 219 cm³/mol. The Hall–Kier alpha value is -7.10. The molecule has 0 fully saturated rings. The molecular formula is C51H30N2O. The molecule has 2 heterocycles. The second-order valence-corrected chi connectivity index (χ2v) is 14.4. The molecule has 1 atom stereocenters. The standard InChI is InChI=1S/C51H30N2O/c1-2-13-31(14-3-1)49-38-18-6-10-23-45(38)52-50(53-49)39-19-12-22-43-48(39)37-17-5-9-21-42(37)51(43)41-20-8-4-15-34(41)35-27-25-33(30-44(35)51)32-26-28-47-40(29-32)36-16-7-11-24-46(36)54-47/h1-30H. The number of fused-ring (bicyclic) bond motifs is 14. The largest absolute Gasteiger partial charge is 0.456 e. The molecule has 2 aliphatic rings. The first-order chi connectivity index (χ1) is 26.8. The average molecular weight is 687 g/mol. The highest BCUT2D eigenvalue weighted by Crippen LogP contribution is 2.64. The van der Waals surface area contributed by atoms with Crippen molar-refractivity contribution >= 4 is 32.8 Å². The molecule has 0 amide bonds. The van der Waals surface area contributed by atoms with Crippen LogP contribution in [0.15, 0.2) is 186 Å². The van der Waals surface area contributed by atoms with Crippen molar-refractivity contribution in [3.8, 4) is 56.0 Å². The number of furan rings is 1. The lowest BCUT2D eigenvalue weighted by molar-refractivity contribution is 0.669. The van der Waals surface area contributed by atoms with Crippen molar-refractivity contribution in [3.05, 3.63) is 204 Å². The molecule has 10 aromatic rings. The van der Waals surface area contributed by atoms with Crippen LogP contribution >= 0.6 is 0 Å². The van der Waals surface area contributed by atoms with E-state index in [0.717, 1.165) is 55.5 Å². The van der Waals surface area contributed by atoms with Crippen LogP contribution in [0.2, 0.25) is 0 Å². The summed E-state index contributed by atoms with van der Waals surface area (Å²) in [6.45, 7) is 0. The van der Waals surface area contributed by atoms with Crippen molar-refractivity contribution < 1.29 is 4.42 Å². The molecule has 0 saturated carbocycles. The zero-order chi connectivity index (χ0) is 35.4. The first-order valence-electron chi connectivity index (χ1n) is 18.5. The summed E-state index contributed by atoms with van der Waals surface area (Å²) in [7, 11) is 0. The topological polar surface area (TPSA) is 38.9 Å². The van der Waals surface area contributed by atoms with E-state index in [4.69, 9.17) is 14.4 Å². The fourth-order valence-corrected chi connectivity index (χ4v) is 9.47. The van der Waals surface area contributed by atoms with Crippen LogP contribution < -0.4 is 0 Å². The number of aromatic nitrogens is 2. The minimum absolute atomic E-state index is 0.518. The van der Waals surface area contributed by atoms with E-state index in [2.05, 4.69) is 170 Å². The van der Waals surface area contributed by atoms with Gasteiger partial charge in [0.2, 0.25) is 0 Å². The van der Waals surface area contributed by atoms with E-state index in [0.29, 0.717) is 0 Å². The summed E-state index contributed by atoms with van der Waals surface area (Å²) < 4.78 is 6.21. The molecule has 0 aliphatic heterocycles. The van der Waals surface area contributed by atoms with Crippen molar-refractivity contribution in [2.45, 2.75) is 5.41 Å². The summed E-state index contributed by atoms with van der Waals surface area (Å²) in [4.78, 5) is 10.6. The fraction of sp³-hybridized carbons (Fsp3) is 0.0196. The maximum Gasteiger partial charge on any atom is 0.161 e. The number of nitrogens with zero attached hydrogens (tertiary/aromatic N) is 2. The lowest BCUT2D eigenvalue weighted by Gasteiger charge is -2.31. The van der Waals surface area contributed by atoms with Gasteiger partial charge in [-0.15, -0.1) is 0 Å². The molecule has 0 saturated heterocycles. The van der Waals surface area contributed by atoms with Gasteiger partial charge in [-0.2, -0.15) is 0 Å². The van der Waals surface area contributed by atoms with Crippen LogP contribution in [0.4, 0.5) is 0 Å². The van der Waals surface area contributed by atoms with Gasteiger partial charge in [-0.3, -0.25) is 0 Å². The highest BCUT2D eigenvalue weighted by molar-refractivity contribution is 6.07. The van der Waals surface area contributed by atoms with Gasteiger partial charge in [0, 0.05) is 27.3 Å². The Bertz CT molecular complexity index is 3180. The Morgan fingerprint density at radius 1 is 0.370 bits per heavy atom. The Morgan fingerprint density at radius 2 is 1.00 bits per heavy atom. The third kappa shape index (κ3) is 3.90. The molecule has 54 heavy (non-hydrogen) atoms. The van der Waals surface area contributed by atoms with Crippen molar-refractivity contribution in [1.82, 2.24) is 9.97 Å². The number of rotatable bonds is 3. The van der Waals surface area contributed by atoms with Crippen LogP contribution in [0.1, 0.15) is 22.3 Å². The molecule has 12 rings (SSSR count). The zero-order valence-electron chi connectivity index (χ0n) is 29.1. The maximum absolute atomic E-state index is 6.21. The molecule has 3 heteroatoms. The van der Waals surface area contributed by atoms with Gasteiger partial charge in [0.05, 0.1) is 16.6 Å². The smallest absolute Gasteiger partial charge is 0.161 e. The summed E-state index contributed by atoms with van der Waals surface area (Å²) in [5.74, 6) is 0.733. The highest BCUT2D eigenvalue weighted by Gasteiger charge is 2.52. The first kappa shape index (κ1) is 29.5. The van der Waals surface area contributed by atoms with Gasteiger partial charge in [-0.25, -0.2) is 9.97 Å². The Balaban J connectivity index is 1.13. The molecule has 8 aromatic carbocycles. The Labute approximate surface area is 311 Å². The fourth-order valence-electron chi connectivity index (χ4n) is 9.47. The Morgan fingerprint density at radius 3 is 1.89 bits per heavy atom. The molecule has 1 spiro atoms. The molecule has 1 unspecified atom stereocenters. The summed E-state index contributed by atoms with van der Waals surface area (Å²) >= 11 is 0. The minimum atomic E-state index is -0.518. The van der Waals surface area contributed by atoms with Gasteiger partial charge in [0.15, 0.2) is 5.82 Å². The van der Waals surface area contributed by atoms with Crippen molar-refractivity contribution in [2.24, 2.45) is 0 Å². The summed E-state index contributed by atoms with van der Waals surface area (Å²) in [6.07, 6.45) is 0. The van der Waals surface area contributed by atoms with E-state index in [-0.39, 0.29) is 0 Å². The highest BCUT2D eigenvalue weighted by atomic mass is 16.3. The van der Waals surface area contributed by atoms with Gasteiger partial charge in [0.25, 0.3) is 0 Å². The predicted octanol–water partition coefficient (Wildman–Crippen LogP) is 12.9. The molecule has 0 radical (unpaired) electrons. The van der Waals surface area contributed by atoms with E-state index in [1.165, 1.54) is 55.6 Å². The van der Waals surface area contributed by atoms with Gasteiger partial charge in [0.1, 0.15) is 11.2 Å². The lowest BCUT2D eigenvalue weighted by atomic mass is 9.70. The number of hydrogen-bond donors (Lipinski definition) is 0. The molecular weight excluding hydrogens is 657 g/mol. The zero-order valence-corrected chi connectivity index (χ0v) is 29.1. The normalized spacial score (nSPS) is 15.1. The molecule has 250 valence electrons. The quantitative estimate of drug-likeness (QED) is 0.186. The van der Waals surface area contributed by atoms with Crippen molar-refractivity contribution in [2.75, 3.05) is 0 Å². The monoisotopic (exact) mass is 686 g/mol. The SMILES string of the molecule is c1ccc(-c2nc(-c3cccc4c3-c3ccccc3C43c4ccccc4-c4ccc(-c5ccc6oc7ccccc7c6c5)cc43)nc3ccccc23)cc1. The van der Waals surface area contributed by atoms with Crippen LogP contribution in [0, 0.1) is 0 Å². The van der Waals surface area contributed by atoms with Crippen LogP contribution in [-0.2, 0) is 5.41 Å². The summed E-state index contributed by atoms with van der Waals surface area (Å²) in [5, 5.41) is 3.31. The lowest BCUT2D eigenvalue weighted by Crippen LogP contribution is -2.25. The van der Waals surface area contributed by atoms with E-state index in [9.17, 15) is 0 Å². The molecule has 0 bridgehead atoms. The molecule has 2 aliphatic carbocycles. The second-order valence-electron chi connectivity index (χ2n) is 14.4. The van der Waals surface area contributed by atoms with E-state index >= 15 is 0 Å². The van der Waals surface area contributed by atoms with Crippen LogP contribution in [0.5, 0.6) is 0 Å². The Kier molecular flexibility index (Phi) is 5.98. The molecule has 2 aromatic heterocycles. The second kappa shape index (κ2) is 11.0. The summed E-state index contributed by atoms with van der Waals surface area (Å²) in [6, 6.07) is 65.4. The number of para-hydroxylation sites is 2. The van der Waals surface area contributed by atoms with Crippen LogP contribution in [0.25, 0.3) is 88.9 Å². The van der Waals surface area contributed by atoms with Gasteiger partial charge in [-0.1, -0.05) is 152 Å². The van der Waals surface area contributed by atoms with Crippen LogP contribution in [-0.4, -0.2) is 9.97 Å². The van der Waals surface area contributed by atoms with Crippen molar-refractivity contribution in [1.29, 1.82) is 0 Å².